The van der Waals surface area contributed by atoms with Crippen LogP contribution in [0.5, 0.6) is 0 Å². The van der Waals surface area contributed by atoms with E-state index in [0.29, 0.717) is 16.1 Å². The number of anilines is 1. The highest BCUT2D eigenvalue weighted by molar-refractivity contribution is 6.43. The Kier molecular flexibility index (Phi) is 8.53. The van der Waals surface area contributed by atoms with Crippen LogP contribution in [0.4, 0.5) is 5.69 Å². The Morgan fingerprint density at radius 3 is 2.55 bits per heavy atom. The zero-order chi connectivity index (χ0) is 22.6. The summed E-state index contributed by atoms with van der Waals surface area (Å²) in [6, 6.07) is 6.51. The molecule has 31 heavy (non-hydrogen) atoms. The number of nitrogens with zero attached hydrogens (tertiary/aromatic N) is 2. The third kappa shape index (κ3) is 7.24. The van der Waals surface area contributed by atoms with Crippen molar-refractivity contribution >= 4 is 34.8 Å². The lowest BCUT2D eigenvalue weighted by Crippen LogP contribution is -2.52. The summed E-state index contributed by atoms with van der Waals surface area (Å²) >= 11 is 12.6. The summed E-state index contributed by atoms with van der Waals surface area (Å²) in [5, 5.41) is 14.2. The van der Waals surface area contributed by atoms with Gasteiger partial charge in [0.2, 0.25) is 5.91 Å². The van der Waals surface area contributed by atoms with E-state index in [4.69, 9.17) is 23.2 Å². The maximum atomic E-state index is 12.0. The van der Waals surface area contributed by atoms with Crippen LogP contribution in [0.3, 0.4) is 0 Å². The number of carbonyl (C=O) groups excluding carboxylic acids is 1. The highest BCUT2D eigenvalue weighted by Crippen LogP contribution is 2.34. The molecule has 0 aromatic heterocycles. The van der Waals surface area contributed by atoms with E-state index in [9.17, 15) is 9.90 Å². The monoisotopic (exact) mass is 469 g/mol. The molecule has 1 heterocycles. The molecular weight excluding hydrogens is 433 g/mol. The van der Waals surface area contributed by atoms with Crippen LogP contribution in [0, 0.1) is 5.92 Å². The molecule has 2 fully saturated rings. The quantitative estimate of drug-likeness (QED) is 0.605. The van der Waals surface area contributed by atoms with Gasteiger partial charge in [0.05, 0.1) is 27.8 Å². The first-order valence-electron chi connectivity index (χ1n) is 11.6. The number of carbonyl (C=O) groups is 1. The van der Waals surface area contributed by atoms with Crippen molar-refractivity contribution in [2.75, 3.05) is 31.1 Å². The topological polar surface area (TPSA) is 55.8 Å². The Labute approximate surface area is 197 Å². The summed E-state index contributed by atoms with van der Waals surface area (Å²) in [5.74, 6) is 0.695. The van der Waals surface area contributed by atoms with E-state index in [1.54, 1.807) is 13.8 Å². The van der Waals surface area contributed by atoms with Crippen LogP contribution >= 0.6 is 23.2 Å². The molecule has 0 unspecified atom stereocenters. The van der Waals surface area contributed by atoms with E-state index in [1.807, 2.05) is 12.1 Å². The van der Waals surface area contributed by atoms with Crippen LogP contribution in [-0.2, 0) is 4.79 Å². The Hall–Kier alpha value is -1.01. The van der Waals surface area contributed by atoms with Crippen molar-refractivity contribution in [1.29, 1.82) is 0 Å². The molecule has 2 aliphatic rings. The maximum Gasteiger partial charge on any atom is 0.223 e. The second-order valence-electron chi connectivity index (χ2n) is 9.98. The van der Waals surface area contributed by atoms with Gasteiger partial charge in [0.1, 0.15) is 0 Å². The molecule has 174 valence electrons. The minimum Gasteiger partial charge on any atom is -0.390 e. The van der Waals surface area contributed by atoms with Gasteiger partial charge in [-0.25, -0.2) is 0 Å². The van der Waals surface area contributed by atoms with Crippen LogP contribution in [0.1, 0.15) is 59.3 Å². The Morgan fingerprint density at radius 1 is 1.19 bits per heavy atom. The molecule has 5 nitrogen and oxygen atoms in total. The zero-order valence-electron chi connectivity index (χ0n) is 19.0. The Morgan fingerprint density at radius 2 is 1.90 bits per heavy atom. The van der Waals surface area contributed by atoms with Crippen molar-refractivity contribution in [3.63, 3.8) is 0 Å². The van der Waals surface area contributed by atoms with Gasteiger partial charge in [0, 0.05) is 31.7 Å². The summed E-state index contributed by atoms with van der Waals surface area (Å²) in [4.78, 5) is 17.0. The minimum absolute atomic E-state index is 0.0392. The predicted molar refractivity (Wildman–Crippen MR) is 129 cm³/mol. The second-order valence-corrected chi connectivity index (χ2v) is 10.8. The van der Waals surface area contributed by atoms with Gasteiger partial charge >= 0.3 is 0 Å². The molecule has 2 N–H and O–H groups in total. The number of nitrogens with one attached hydrogen (secondary N) is 1. The zero-order valence-corrected chi connectivity index (χ0v) is 20.6. The third-order valence-electron chi connectivity index (χ3n) is 6.61. The molecule has 0 spiro atoms. The number of amides is 1. The van der Waals surface area contributed by atoms with Gasteiger partial charge in [0.15, 0.2) is 0 Å². The maximum absolute atomic E-state index is 12.0. The SMILES string of the molecule is C[C@@H]1CN(CC[C@H]2CC[C@H](NC(=O)CC(C)(C)O)CC2)CCN1c1cccc(Cl)c1Cl. The van der Waals surface area contributed by atoms with Crippen LogP contribution in [-0.4, -0.2) is 59.8 Å². The molecule has 3 rings (SSSR count). The molecule has 1 saturated carbocycles. The van der Waals surface area contributed by atoms with Gasteiger partial charge in [-0.2, -0.15) is 0 Å². The van der Waals surface area contributed by atoms with E-state index in [-0.39, 0.29) is 18.4 Å². The number of hydrogen-bond acceptors (Lipinski definition) is 4. The van der Waals surface area contributed by atoms with E-state index in [2.05, 4.69) is 28.1 Å². The van der Waals surface area contributed by atoms with Gasteiger partial charge in [-0.15, -0.1) is 0 Å². The van der Waals surface area contributed by atoms with Crippen molar-refractivity contribution in [2.45, 2.75) is 77.0 Å². The standard InChI is InChI=1S/C24H37Cl2N3O2/c1-17-16-28(13-14-29(17)21-6-4-5-20(25)23(21)26)12-11-18-7-9-19(10-8-18)27-22(30)15-24(2,3)31/h4-6,17-19,31H,7-16H2,1-3H3,(H,27,30)/t17-,18-,19-/m1/s1. The van der Waals surface area contributed by atoms with Gasteiger partial charge in [-0.3, -0.25) is 9.69 Å². The highest BCUT2D eigenvalue weighted by atomic mass is 35.5. The summed E-state index contributed by atoms with van der Waals surface area (Å²) in [6.07, 6.45) is 5.80. The van der Waals surface area contributed by atoms with Crippen LogP contribution in [0.15, 0.2) is 18.2 Å². The van der Waals surface area contributed by atoms with Crippen molar-refractivity contribution in [1.82, 2.24) is 10.2 Å². The molecule has 7 heteroatoms. The van der Waals surface area contributed by atoms with Crippen molar-refractivity contribution in [2.24, 2.45) is 5.92 Å². The predicted octanol–water partition coefficient (Wildman–Crippen LogP) is 4.73. The number of halogens is 2. The number of piperazine rings is 1. The van der Waals surface area contributed by atoms with Crippen LogP contribution in [0.2, 0.25) is 10.0 Å². The normalized spacial score (nSPS) is 25.5. The van der Waals surface area contributed by atoms with Gasteiger partial charge in [0.25, 0.3) is 0 Å². The summed E-state index contributed by atoms with van der Waals surface area (Å²) in [6.45, 7) is 9.76. The summed E-state index contributed by atoms with van der Waals surface area (Å²) in [5.41, 5.74) is 0.0897. The van der Waals surface area contributed by atoms with E-state index >= 15 is 0 Å². The molecule has 1 atom stereocenters. The van der Waals surface area contributed by atoms with Crippen LogP contribution in [0.25, 0.3) is 0 Å². The summed E-state index contributed by atoms with van der Waals surface area (Å²) < 4.78 is 0. The third-order valence-corrected chi connectivity index (χ3v) is 7.42. The second kappa shape index (κ2) is 10.7. The van der Waals surface area contributed by atoms with Crippen molar-refractivity contribution in [3.8, 4) is 0 Å². The smallest absolute Gasteiger partial charge is 0.223 e. The van der Waals surface area contributed by atoms with Crippen LogP contribution < -0.4 is 10.2 Å². The first-order valence-corrected chi connectivity index (χ1v) is 12.3. The molecule has 1 aliphatic heterocycles. The van der Waals surface area contributed by atoms with E-state index in [0.717, 1.165) is 50.6 Å². The Balaban J connectivity index is 1.38. The van der Waals surface area contributed by atoms with Crippen molar-refractivity contribution in [3.05, 3.63) is 28.2 Å². The highest BCUT2D eigenvalue weighted by Gasteiger charge is 2.28. The lowest BCUT2D eigenvalue weighted by atomic mass is 9.84. The fourth-order valence-electron chi connectivity index (χ4n) is 4.94. The van der Waals surface area contributed by atoms with E-state index in [1.165, 1.54) is 19.3 Å². The average Bonchev–Trinajstić information content (AvgIpc) is 2.68. The number of rotatable bonds is 7. The molecule has 0 bridgehead atoms. The Bertz CT molecular complexity index is 745. The summed E-state index contributed by atoms with van der Waals surface area (Å²) in [7, 11) is 0. The minimum atomic E-state index is -0.944. The lowest BCUT2D eigenvalue weighted by Gasteiger charge is -2.42. The fraction of sp³-hybridized carbons (Fsp3) is 0.708. The van der Waals surface area contributed by atoms with E-state index < -0.39 is 5.60 Å². The lowest BCUT2D eigenvalue weighted by molar-refractivity contribution is -0.125. The molecule has 1 aromatic rings. The largest absolute Gasteiger partial charge is 0.390 e. The molecule has 0 radical (unpaired) electrons. The number of aliphatic hydroxyl groups is 1. The first kappa shape index (κ1) is 24.6. The first-order chi connectivity index (χ1) is 14.6. The van der Waals surface area contributed by atoms with Gasteiger partial charge < -0.3 is 15.3 Å². The molecule has 1 aromatic carbocycles. The fourth-order valence-corrected chi connectivity index (χ4v) is 5.34. The van der Waals surface area contributed by atoms with Gasteiger partial charge in [-0.05, 0) is 77.5 Å². The van der Waals surface area contributed by atoms with Gasteiger partial charge in [-0.1, -0.05) is 29.3 Å². The molecule has 1 amide bonds. The van der Waals surface area contributed by atoms with Crippen molar-refractivity contribution < 1.29 is 9.90 Å². The molecule has 1 aliphatic carbocycles. The molecule has 1 saturated heterocycles. The average molecular weight is 470 g/mol. The number of hydrogen-bond donors (Lipinski definition) is 2. The molecular formula is C24H37Cl2N3O2. The number of benzene rings is 1.